The number of hydrogen-bond donors (Lipinski definition) is 1. The van der Waals surface area contributed by atoms with Crippen LogP contribution in [0.2, 0.25) is 0 Å². The summed E-state index contributed by atoms with van der Waals surface area (Å²) in [7, 11) is 0. The molecule has 0 aliphatic carbocycles. The summed E-state index contributed by atoms with van der Waals surface area (Å²) >= 11 is 0. The van der Waals surface area contributed by atoms with Crippen molar-refractivity contribution in [3.05, 3.63) is 91.1 Å². The first-order valence-corrected chi connectivity index (χ1v) is 8.41. The Morgan fingerprint density at radius 2 is 1.28 bits per heavy atom. The molecule has 2 heterocycles. The van der Waals surface area contributed by atoms with Gasteiger partial charge in [-0.1, -0.05) is 54.6 Å². The van der Waals surface area contributed by atoms with Gasteiger partial charge in [0.25, 0.3) is 0 Å². The maximum Gasteiger partial charge on any atom is 0.0701 e. The summed E-state index contributed by atoms with van der Waals surface area (Å²) in [6.45, 7) is 0. The van der Waals surface area contributed by atoms with Crippen molar-refractivity contribution >= 4 is 21.8 Å². The van der Waals surface area contributed by atoms with Crippen molar-refractivity contribution in [3.63, 3.8) is 0 Å². The van der Waals surface area contributed by atoms with Crippen LogP contribution in [0.1, 0.15) is 0 Å². The third-order valence-corrected chi connectivity index (χ3v) is 4.69. The zero-order valence-corrected chi connectivity index (χ0v) is 13.6. The third kappa shape index (κ3) is 2.39. The van der Waals surface area contributed by atoms with Crippen LogP contribution in [0, 0.1) is 0 Å². The average Bonchev–Trinajstić information content (AvgIpc) is 3.07. The molecule has 2 aromatic heterocycles. The van der Waals surface area contributed by atoms with Gasteiger partial charge in [-0.2, -0.15) is 0 Å². The van der Waals surface area contributed by atoms with Crippen LogP contribution in [0.15, 0.2) is 91.1 Å². The van der Waals surface area contributed by atoms with Gasteiger partial charge in [-0.15, -0.1) is 0 Å². The van der Waals surface area contributed by atoms with E-state index >= 15 is 0 Å². The Balaban J connectivity index is 1.59. The summed E-state index contributed by atoms with van der Waals surface area (Å²) in [5.74, 6) is 0. The van der Waals surface area contributed by atoms with E-state index in [0.29, 0.717) is 0 Å². The van der Waals surface area contributed by atoms with E-state index in [1.807, 2.05) is 24.4 Å². The Kier molecular flexibility index (Phi) is 3.14. The highest BCUT2D eigenvalue weighted by Crippen LogP contribution is 2.30. The van der Waals surface area contributed by atoms with E-state index in [2.05, 4.69) is 76.7 Å². The molecule has 0 bridgehead atoms. The molecule has 0 fully saturated rings. The van der Waals surface area contributed by atoms with Gasteiger partial charge in [0.05, 0.1) is 5.69 Å². The number of nitrogens with zero attached hydrogens (tertiary/aromatic N) is 1. The molecule has 0 radical (unpaired) electrons. The third-order valence-electron chi connectivity index (χ3n) is 4.69. The van der Waals surface area contributed by atoms with Gasteiger partial charge < -0.3 is 4.98 Å². The molecule has 1 N–H and O–H groups in total. The molecule has 0 atom stereocenters. The van der Waals surface area contributed by atoms with Crippen molar-refractivity contribution in [1.82, 2.24) is 9.97 Å². The average molecular weight is 320 g/mol. The van der Waals surface area contributed by atoms with E-state index < -0.39 is 0 Å². The number of aromatic amines is 1. The number of benzene rings is 3. The fourth-order valence-corrected chi connectivity index (χ4v) is 3.39. The topological polar surface area (TPSA) is 28.7 Å². The van der Waals surface area contributed by atoms with Crippen molar-refractivity contribution < 1.29 is 0 Å². The molecule has 0 spiro atoms. The van der Waals surface area contributed by atoms with E-state index in [0.717, 1.165) is 11.3 Å². The number of H-pyrrole nitrogens is 1. The van der Waals surface area contributed by atoms with Crippen molar-refractivity contribution in [2.45, 2.75) is 0 Å². The van der Waals surface area contributed by atoms with Crippen LogP contribution in [0.3, 0.4) is 0 Å². The Labute approximate surface area is 145 Å². The van der Waals surface area contributed by atoms with E-state index in [-0.39, 0.29) is 0 Å². The van der Waals surface area contributed by atoms with E-state index in [4.69, 9.17) is 0 Å². The normalized spacial score (nSPS) is 11.2. The molecule has 0 saturated heterocycles. The van der Waals surface area contributed by atoms with Crippen LogP contribution in [0.25, 0.3) is 44.2 Å². The Morgan fingerprint density at radius 1 is 0.560 bits per heavy atom. The number of pyridine rings is 1. The monoisotopic (exact) mass is 320 g/mol. The number of para-hydroxylation sites is 1. The molecular weight excluding hydrogens is 304 g/mol. The van der Waals surface area contributed by atoms with Gasteiger partial charge in [0.15, 0.2) is 0 Å². The van der Waals surface area contributed by atoms with Gasteiger partial charge in [-0.25, -0.2) is 0 Å². The second-order valence-electron chi connectivity index (χ2n) is 6.22. The highest BCUT2D eigenvalue weighted by Gasteiger charge is 2.06. The first kappa shape index (κ1) is 14.0. The first-order valence-electron chi connectivity index (χ1n) is 8.41. The number of aromatic nitrogens is 2. The highest BCUT2D eigenvalue weighted by atomic mass is 14.7. The van der Waals surface area contributed by atoms with Crippen molar-refractivity contribution in [1.29, 1.82) is 0 Å². The Bertz CT molecular complexity index is 1170. The van der Waals surface area contributed by atoms with Crippen LogP contribution in [0.5, 0.6) is 0 Å². The summed E-state index contributed by atoms with van der Waals surface area (Å²) < 4.78 is 0. The summed E-state index contributed by atoms with van der Waals surface area (Å²) in [5.41, 5.74) is 6.94. The molecule has 3 aromatic carbocycles. The van der Waals surface area contributed by atoms with Gasteiger partial charge >= 0.3 is 0 Å². The first-order chi connectivity index (χ1) is 12.4. The van der Waals surface area contributed by atoms with E-state index in [9.17, 15) is 0 Å². The van der Waals surface area contributed by atoms with E-state index in [1.165, 1.54) is 32.9 Å². The van der Waals surface area contributed by atoms with Crippen molar-refractivity contribution in [3.8, 4) is 22.4 Å². The standard InChI is InChI=1S/C23H16N2/c1-2-7-22-19(5-1)20-15-18(12-13-23(20)25-22)16-8-10-17(11-9-16)21-6-3-4-14-24-21/h1-15,25H. The molecule has 2 nitrogen and oxygen atoms in total. The predicted octanol–water partition coefficient (Wildman–Crippen LogP) is 6.05. The minimum Gasteiger partial charge on any atom is -0.355 e. The zero-order valence-electron chi connectivity index (χ0n) is 13.6. The molecule has 0 aliphatic rings. The summed E-state index contributed by atoms with van der Waals surface area (Å²) in [4.78, 5) is 7.89. The smallest absolute Gasteiger partial charge is 0.0701 e. The van der Waals surface area contributed by atoms with Crippen LogP contribution < -0.4 is 0 Å². The van der Waals surface area contributed by atoms with Gasteiger partial charge in [0.1, 0.15) is 0 Å². The van der Waals surface area contributed by atoms with Crippen LogP contribution in [-0.4, -0.2) is 9.97 Å². The minimum atomic E-state index is 1.00. The second-order valence-corrected chi connectivity index (χ2v) is 6.22. The lowest BCUT2D eigenvalue weighted by Gasteiger charge is -2.05. The Morgan fingerprint density at radius 3 is 2.12 bits per heavy atom. The van der Waals surface area contributed by atoms with Gasteiger partial charge in [-0.05, 0) is 41.5 Å². The highest BCUT2D eigenvalue weighted by molar-refractivity contribution is 6.08. The molecule has 0 unspecified atom stereocenters. The maximum atomic E-state index is 4.42. The van der Waals surface area contributed by atoms with Crippen molar-refractivity contribution in [2.75, 3.05) is 0 Å². The van der Waals surface area contributed by atoms with Gasteiger partial charge in [-0.3, -0.25) is 4.98 Å². The predicted molar refractivity (Wildman–Crippen MR) is 104 cm³/mol. The molecule has 2 heteroatoms. The van der Waals surface area contributed by atoms with Crippen LogP contribution in [-0.2, 0) is 0 Å². The second kappa shape index (κ2) is 5.60. The van der Waals surface area contributed by atoms with Gasteiger partial charge in [0.2, 0.25) is 0 Å². The fraction of sp³-hybridized carbons (Fsp3) is 0. The molecular formula is C23H16N2. The fourth-order valence-electron chi connectivity index (χ4n) is 3.39. The lowest BCUT2D eigenvalue weighted by molar-refractivity contribution is 1.33. The van der Waals surface area contributed by atoms with Gasteiger partial charge in [0, 0.05) is 33.6 Å². The SMILES string of the molecule is c1ccc(-c2ccc(-c3ccc4[nH]c5ccccc5c4c3)cc2)nc1. The Hall–Kier alpha value is -3.39. The lowest BCUT2D eigenvalue weighted by atomic mass is 10.0. The zero-order chi connectivity index (χ0) is 16.6. The molecule has 5 rings (SSSR count). The van der Waals surface area contributed by atoms with Crippen LogP contribution in [0.4, 0.5) is 0 Å². The summed E-state index contributed by atoms with van der Waals surface area (Å²) in [6, 6.07) is 29.6. The molecule has 0 saturated carbocycles. The molecule has 25 heavy (non-hydrogen) atoms. The van der Waals surface area contributed by atoms with Crippen molar-refractivity contribution in [2.24, 2.45) is 0 Å². The molecule has 118 valence electrons. The van der Waals surface area contributed by atoms with Crippen LogP contribution >= 0.6 is 0 Å². The number of fused-ring (bicyclic) bond motifs is 3. The number of hydrogen-bond acceptors (Lipinski definition) is 1. The van der Waals surface area contributed by atoms with E-state index in [1.54, 1.807) is 0 Å². The minimum absolute atomic E-state index is 1.00. The molecule has 5 aromatic rings. The number of rotatable bonds is 2. The number of nitrogens with one attached hydrogen (secondary N) is 1. The molecule has 0 aliphatic heterocycles. The summed E-state index contributed by atoms with van der Waals surface area (Å²) in [5, 5.41) is 2.53. The summed E-state index contributed by atoms with van der Waals surface area (Å²) in [6.07, 6.45) is 1.83. The quantitative estimate of drug-likeness (QED) is 0.421. The largest absolute Gasteiger partial charge is 0.355 e. The lowest BCUT2D eigenvalue weighted by Crippen LogP contribution is -1.83. The molecule has 0 amide bonds. The maximum absolute atomic E-state index is 4.42.